The number of rotatable bonds is 7. The molecular formula is C26H25N3O3. The van der Waals surface area contributed by atoms with E-state index in [1.165, 1.54) is 0 Å². The van der Waals surface area contributed by atoms with Crippen molar-refractivity contribution in [3.05, 3.63) is 89.1 Å². The maximum atomic E-state index is 12.6. The van der Waals surface area contributed by atoms with Crippen LogP contribution in [0.25, 0.3) is 22.0 Å². The smallest absolute Gasteiger partial charge is 0.336 e. The Morgan fingerprint density at radius 2 is 1.91 bits per heavy atom. The number of nitrogens with one attached hydrogen (secondary N) is 2. The molecule has 0 spiro atoms. The molecule has 1 unspecified atom stereocenters. The van der Waals surface area contributed by atoms with E-state index in [4.69, 9.17) is 15.9 Å². The zero-order valence-electron chi connectivity index (χ0n) is 18.0. The molecule has 0 amide bonds. The number of aromatic carboxylic acids is 1. The molecule has 0 aliphatic rings. The van der Waals surface area contributed by atoms with Gasteiger partial charge in [-0.2, -0.15) is 0 Å². The number of hydrogen-bond donors (Lipinski definition) is 4. The van der Waals surface area contributed by atoms with Crippen LogP contribution in [0.3, 0.4) is 0 Å². The van der Waals surface area contributed by atoms with Crippen LogP contribution >= 0.6 is 0 Å². The van der Waals surface area contributed by atoms with Crippen molar-refractivity contribution in [2.75, 3.05) is 7.11 Å². The van der Waals surface area contributed by atoms with Crippen LogP contribution in [0, 0.1) is 5.41 Å². The molecule has 4 aromatic rings. The lowest BCUT2D eigenvalue weighted by Gasteiger charge is -2.23. The molecular weight excluding hydrogens is 402 g/mol. The van der Waals surface area contributed by atoms with E-state index in [2.05, 4.69) is 4.98 Å². The topological polar surface area (TPSA) is 112 Å². The van der Waals surface area contributed by atoms with Crippen molar-refractivity contribution in [2.45, 2.75) is 19.3 Å². The molecule has 3 aromatic carbocycles. The van der Waals surface area contributed by atoms with E-state index in [9.17, 15) is 9.90 Å². The summed E-state index contributed by atoms with van der Waals surface area (Å²) in [6.07, 6.45) is 2.58. The molecule has 0 aliphatic carbocycles. The van der Waals surface area contributed by atoms with Crippen molar-refractivity contribution < 1.29 is 14.6 Å². The minimum absolute atomic E-state index is 0.000450. The number of benzene rings is 3. The van der Waals surface area contributed by atoms with Crippen LogP contribution in [0.2, 0.25) is 0 Å². The van der Waals surface area contributed by atoms with Gasteiger partial charge in [-0.15, -0.1) is 0 Å². The van der Waals surface area contributed by atoms with Crippen LogP contribution in [-0.4, -0.2) is 29.0 Å². The fraction of sp³-hybridized carbons (Fsp3) is 0.154. The van der Waals surface area contributed by atoms with E-state index in [1.54, 1.807) is 7.11 Å². The predicted molar refractivity (Wildman–Crippen MR) is 127 cm³/mol. The fourth-order valence-electron chi connectivity index (χ4n) is 4.40. The van der Waals surface area contributed by atoms with E-state index in [0.29, 0.717) is 28.9 Å². The molecule has 5 N–H and O–H groups in total. The van der Waals surface area contributed by atoms with E-state index in [-0.39, 0.29) is 17.3 Å². The van der Waals surface area contributed by atoms with E-state index in [0.717, 1.165) is 22.0 Å². The zero-order valence-corrected chi connectivity index (χ0v) is 18.0. The standard InChI is InChI=1S/C26H25N3O3/c1-3-17(20-14-29-21-13-16(25(27)28)9-10-19(20)21)23-22(32-2)12-11-18(24(23)26(30)31)15-7-5-4-6-8-15/h4-14,17,29H,3H2,1-2H3,(H3,27,28)(H,30,31). The third kappa shape index (κ3) is 3.60. The number of methoxy groups -OCH3 is 1. The van der Waals surface area contributed by atoms with Gasteiger partial charge in [-0.3, -0.25) is 5.41 Å². The van der Waals surface area contributed by atoms with Crippen molar-refractivity contribution in [3.63, 3.8) is 0 Å². The van der Waals surface area contributed by atoms with Gasteiger partial charge in [0.15, 0.2) is 0 Å². The fourth-order valence-corrected chi connectivity index (χ4v) is 4.40. The van der Waals surface area contributed by atoms with Crippen LogP contribution in [-0.2, 0) is 0 Å². The summed E-state index contributed by atoms with van der Waals surface area (Å²) < 4.78 is 5.65. The molecule has 32 heavy (non-hydrogen) atoms. The van der Waals surface area contributed by atoms with Crippen LogP contribution in [0.1, 0.15) is 46.3 Å². The highest BCUT2D eigenvalue weighted by Crippen LogP contribution is 2.43. The van der Waals surface area contributed by atoms with Crippen LogP contribution in [0.5, 0.6) is 5.75 Å². The molecule has 4 rings (SSSR count). The van der Waals surface area contributed by atoms with Gasteiger partial charge in [-0.1, -0.05) is 49.4 Å². The number of aromatic amines is 1. The molecule has 1 aromatic heterocycles. The van der Waals surface area contributed by atoms with Gasteiger partial charge in [0.1, 0.15) is 11.6 Å². The van der Waals surface area contributed by atoms with Gasteiger partial charge in [0.05, 0.1) is 12.7 Å². The van der Waals surface area contributed by atoms with Crippen LogP contribution < -0.4 is 10.5 Å². The number of nitrogen functional groups attached to an aromatic ring is 1. The number of fused-ring (bicyclic) bond motifs is 1. The molecule has 162 valence electrons. The summed E-state index contributed by atoms with van der Waals surface area (Å²) in [6, 6.07) is 18.7. The number of amidine groups is 1. The lowest BCUT2D eigenvalue weighted by Crippen LogP contribution is -2.12. The third-order valence-corrected chi connectivity index (χ3v) is 5.88. The molecule has 1 atom stereocenters. The average molecular weight is 428 g/mol. The van der Waals surface area contributed by atoms with Crippen molar-refractivity contribution >= 4 is 22.7 Å². The second-order valence-electron chi connectivity index (χ2n) is 7.65. The third-order valence-electron chi connectivity index (χ3n) is 5.88. The van der Waals surface area contributed by atoms with Gasteiger partial charge in [0, 0.05) is 34.1 Å². The van der Waals surface area contributed by atoms with E-state index >= 15 is 0 Å². The lowest BCUT2D eigenvalue weighted by atomic mass is 9.82. The van der Waals surface area contributed by atoms with Crippen LogP contribution in [0.15, 0.2) is 66.9 Å². The Labute approximate surface area is 186 Å². The van der Waals surface area contributed by atoms with Crippen molar-refractivity contribution in [1.29, 1.82) is 5.41 Å². The SMILES string of the molecule is CCC(c1c(OC)ccc(-c2ccccc2)c1C(=O)O)c1c[nH]c2cc(C(=N)N)ccc12. The molecule has 0 aliphatic heterocycles. The van der Waals surface area contributed by atoms with E-state index < -0.39 is 5.97 Å². The summed E-state index contributed by atoms with van der Waals surface area (Å²) in [6.45, 7) is 2.04. The van der Waals surface area contributed by atoms with Crippen molar-refractivity contribution in [2.24, 2.45) is 5.73 Å². The molecule has 0 saturated heterocycles. The number of H-pyrrole nitrogens is 1. The van der Waals surface area contributed by atoms with Gasteiger partial charge in [-0.05, 0) is 41.3 Å². The Morgan fingerprint density at radius 3 is 2.53 bits per heavy atom. The Hall–Kier alpha value is -4.06. The quantitative estimate of drug-likeness (QED) is 0.235. The molecule has 6 nitrogen and oxygen atoms in total. The highest BCUT2D eigenvalue weighted by molar-refractivity contribution is 6.01. The number of nitrogens with two attached hydrogens (primary N) is 1. The molecule has 0 fully saturated rings. The Balaban J connectivity index is 1.97. The Kier molecular flexibility index (Phi) is 5.69. The largest absolute Gasteiger partial charge is 0.496 e. The molecule has 1 heterocycles. The maximum absolute atomic E-state index is 12.6. The normalized spacial score (nSPS) is 11.9. The molecule has 0 saturated carbocycles. The number of carbonyl (C=O) groups is 1. The van der Waals surface area contributed by atoms with Crippen molar-refractivity contribution in [3.8, 4) is 16.9 Å². The monoisotopic (exact) mass is 427 g/mol. The van der Waals surface area contributed by atoms with Gasteiger partial charge in [-0.25, -0.2) is 4.79 Å². The highest BCUT2D eigenvalue weighted by atomic mass is 16.5. The number of carboxylic acid groups (broad SMARTS) is 1. The average Bonchev–Trinajstić information content (AvgIpc) is 3.22. The summed E-state index contributed by atoms with van der Waals surface area (Å²) in [4.78, 5) is 15.8. The Bertz CT molecular complexity index is 1310. The number of hydrogen-bond acceptors (Lipinski definition) is 3. The van der Waals surface area contributed by atoms with Gasteiger partial charge < -0.3 is 20.6 Å². The summed E-state index contributed by atoms with van der Waals surface area (Å²) in [5.41, 5.74) is 10.5. The summed E-state index contributed by atoms with van der Waals surface area (Å²) >= 11 is 0. The molecule has 0 radical (unpaired) electrons. The second kappa shape index (κ2) is 8.59. The number of ether oxygens (including phenoxy) is 1. The maximum Gasteiger partial charge on any atom is 0.336 e. The minimum atomic E-state index is -0.991. The first-order valence-electron chi connectivity index (χ1n) is 10.4. The second-order valence-corrected chi connectivity index (χ2v) is 7.65. The summed E-state index contributed by atoms with van der Waals surface area (Å²) in [5, 5.41) is 18.9. The van der Waals surface area contributed by atoms with Crippen molar-refractivity contribution in [1.82, 2.24) is 4.98 Å². The predicted octanol–water partition coefficient (Wildman–Crippen LogP) is 5.37. The number of carboxylic acids is 1. The summed E-state index contributed by atoms with van der Waals surface area (Å²) in [7, 11) is 1.56. The first-order chi connectivity index (χ1) is 15.5. The summed E-state index contributed by atoms with van der Waals surface area (Å²) in [5.74, 6) is -0.657. The first kappa shape index (κ1) is 21.2. The highest BCUT2D eigenvalue weighted by Gasteiger charge is 2.28. The Morgan fingerprint density at radius 1 is 1.16 bits per heavy atom. The van der Waals surface area contributed by atoms with Gasteiger partial charge in [0.2, 0.25) is 0 Å². The number of aromatic nitrogens is 1. The molecule has 0 bridgehead atoms. The molecule has 6 heteroatoms. The zero-order chi connectivity index (χ0) is 22.8. The van der Waals surface area contributed by atoms with Crippen LogP contribution in [0.4, 0.5) is 0 Å². The lowest BCUT2D eigenvalue weighted by molar-refractivity contribution is 0.0695. The van der Waals surface area contributed by atoms with E-state index in [1.807, 2.05) is 73.8 Å². The van der Waals surface area contributed by atoms with Gasteiger partial charge in [0.25, 0.3) is 0 Å². The van der Waals surface area contributed by atoms with Gasteiger partial charge >= 0.3 is 5.97 Å². The minimum Gasteiger partial charge on any atom is -0.496 e. The first-order valence-corrected chi connectivity index (χ1v) is 10.4.